The Morgan fingerprint density at radius 2 is 2.04 bits per heavy atom. The monoisotopic (exact) mass is 389 g/mol. The molecule has 0 aliphatic carbocycles. The van der Waals surface area contributed by atoms with Crippen LogP contribution in [0.5, 0.6) is 0 Å². The van der Waals surface area contributed by atoms with Gasteiger partial charge in [0.15, 0.2) is 5.69 Å². The number of thiazole rings is 1. The first-order chi connectivity index (χ1) is 12.3. The summed E-state index contributed by atoms with van der Waals surface area (Å²) < 4.78 is 0. The van der Waals surface area contributed by atoms with E-state index in [1.807, 2.05) is 28.5 Å². The number of aromatic amines is 1. The molecule has 6 rings (SSSR count). The molecular formula is C18H20ClN5OS. The number of amides is 1. The lowest BCUT2D eigenvalue weighted by atomic mass is 10.0. The van der Waals surface area contributed by atoms with Crippen LogP contribution in [0.4, 0.5) is 0 Å². The number of rotatable bonds is 2. The van der Waals surface area contributed by atoms with E-state index in [0.717, 1.165) is 60.5 Å². The number of hydrogen-bond acceptors (Lipinski definition) is 5. The number of carbonyl (C=O) groups is 1. The van der Waals surface area contributed by atoms with Crippen LogP contribution in [-0.2, 0) is 0 Å². The van der Waals surface area contributed by atoms with Crippen LogP contribution in [0.1, 0.15) is 23.3 Å². The van der Waals surface area contributed by atoms with E-state index in [-0.39, 0.29) is 18.3 Å². The Labute approximate surface area is 161 Å². The van der Waals surface area contributed by atoms with Gasteiger partial charge in [0, 0.05) is 54.7 Å². The Bertz CT molecular complexity index is 917. The van der Waals surface area contributed by atoms with Gasteiger partial charge in [-0.25, -0.2) is 4.98 Å². The topological polar surface area (TPSA) is 65.1 Å². The van der Waals surface area contributed by atoms with Crippen molar-refractivity contribution in [3.8, 4) is 10.6 Å². The Hall–Kier alpha value is -1.96. The Morgan fingerprint density at radius 3 is 2.81 bits per heavy atom. The number of benzene rings is 1. The molecule has 6 nitrogen and oxygen atoms in total. The van der Waals surface area contributed by atoms with E-state index in [1.165, 1.54) is 0 Å². The fraction of sp³-hybridized carbons (Fsp3) is 0.389. The van der Waals surface area contributed by atoms with Gasteiger partial charge >= 0.3 is 0 Å². The summed E-state index contributed by atoms with van der Waals surface area (Å²) in [7, 11) is 0. The van der Waals surface area contributed by atoms with Gasteiger partial charge in [-0.2, -0.15) is 5.10 Å². The fourth-order valence-electron chi connectivity index (χ4n) is 3.97. The zero-order valence-corrected chi connectivity index (χ0v) is 15.9. The highest BCUT2D eigenvalue weighted by Crippen LogP contribution is 2.29. The van der Waals surface area contributed by atoms with Gasteiger partial charge in [0.05, 0.1) is 5.52 Å². The van der Waals surface area contributed by atoms with Gasteiger partial charge in [-0.3, -0.25) is 9.89 Å². The van der Waals surface area contributed by atoms with Crippen molar-refractivity contribution in [1.29, 1.82) is 0 Å². The summed E-state index contributed by atoms with van der Waals surface area (Å²) in [5, 5.41) is 11.2. The average molecular weight is 390 g/mol. The van der Waals surface area contributed by atoms with Crippen LogP contribution in [0.15, 0.2) is 29.8 Å². The Balaban J connectivity index is 0.00000168. The second kappa shape index (κ2) is 6.98. The van der Waals surface area contributed by atoms with Crippen LogP contribution >= 0.6 is 23.7 Å². The van der Waals surface area contributed by atoms with Gasteiger partial charge in [0.2, 0.25) is 0 Å². The molecule has 3 fully saturated rings. The number of aromatic nitrogens is 3. The molecule has 3 aliphatic rings. The number of nitrogens with one attached hydrogen (secondary N) is 1. The van der Waals surface area contributed by atoms with Gasteiger partial charge in [-0.15, -0.1) is 23.7 Å². The number of H-pyrrole nitrogens is 1. The standard InChI is InChI=1S/C18H19N5OS.ClH/c24-18(23-9-8-22-6-3-13(23)4-7-22)16-14-11-12(17-19-5-10-25-17)1-2-15(14)20-21-16;/h1-2,5,10-11,13H,3-4,6-9H2,(H,20,21);1H. The first-order valence-electron chi connectivity index (χ1n) is 8.71. The Morgan fingerprint density at radius 1 is 1.19 bits per heavy atom. The number of nitrogens with zero attached hydrogens (tertiary/aromatic N) is 4. The van der Waals surface area contributed by atoms with Crippen LogP contribution in [0.2, 0.25) is 0 Å². The van der Waals surface area contributed by atoms with E-state index in [2.05, 4.69) is 20.1 Å². The molecule has 3 aliphatic heterocycles. The SMILES string of the molecule is Cl.O=C(c1n[nH]c2ccc(-c3nccs3)cc12)N1CCN2CCC1CC2. The van der Waals surface area contributed by atoms with Crippen molar-refractivity contribution in [2.45, 2.75) is 18.9 Å². The minimum atomic E-state index is 0. The molecule has 2 bridgehead atoms. The smallest absolute Gasteiger partial charge is 0.275 e. The maximum Gasteiger partial charge on any atom is 0.275 e. The highest BCUT2D eigenvalue weighted by molar-refractivity contribution is 7.13. The normalized spacial score (nSPS) is 22.2. The fourth-order valence-corrected chi connectivity index (χ4v) is 4.60. The molecule has 3 aromatic rings. The van der Waals surface area contributed by atoms with Gasteiger partial charge in [-0.05, 0) is 31.0 Å². The first kappa shape index (κ1) is 17.5. The molecule has 5 heterocycles. The minimum Gasteiger partial charge on any atom is -0.333 e. The second-order valence-corrected chi connectivity index (χ2v) is 7.64. The predicted octanol–water partition coefficient (Wildman–Crippen LogP) is 3.03. The molecule has 0 atom stereocenters. The van der Waals surface area contributed by atoms with Crippen LogP contribution in [0.3, 0.4) is 0 Å². The summed E-state index contributed by atoms with van der Waals surface area (Å²) in [4.78, 5) is 22.1. The van der Waals surface area contributed by atoms with Crippen LogP contribution in [0.25, 0.3) is 21.5 Å². The van der Waals surface area contributed by atoms with Crippen LogP contribution in [0, 0.1) is 0 Å². The zero-order chi connectivity index (χ0) is 16.8. The molecule has 1 aromatic carbocycles. The molecule has 0 saturated carbocycles. The summed E-state index contributed by atoms with van der Waals surface area (Å²) in [6, 6.07) is 6.38. The van der Waals surface area contributed by atoms with Crippen molar-refractivity contribution in [3.63, 3.8) is 0 Å². The number of hydrogen-bond donors (Lipinski definition) is 1. The molecule has 1 N–H and O–H groups in total. The third-order valence-corrected chi connectivity index (χ3v) is 6.18. The van der Waals surface area contributed by atoms with E-state index >= 15 is 0 Å². The Kier molecular flexibility index (Phi) is 4.69. The van der Waals surface area contributed by atoms with Gasteiger partial charge in [0.1, 0.15) is 5.01 Å². The number of fused-ring (bicyclic) bond motifs is 5. The van der Waals surface area contributed by atoms with Gasteiger partial charge in [-0.1, -0.05) is 0 Å². The lowest BCUT2D eigenvalue weighted by Crippen LogP contribution is -2.41. The second-order valence-electron chi connectivity index (χ2n) is 6.74. The van der Waals surface area contributed by atoms with Crippen LogP contribution < -0.4 is 0 Å². The van der Waals surface area contributed by atoms with Crippen molar-refractivity contribution >= 4 is 40.6 Å². The largest absolute Gasteiger partial charge is 0.333 e. The van der Waals surface area contributed by atoms with E-state index in [1.54, 1.807) is 17.5 Å². The molecule has 2 aromatic heterocycles. The highest BCUT2D eigenvalue weighted by Gasteiger charge is 2.33. The van der Waals surface area contributed by atoms with Crippen molar-refractivity contribution in [2.24, 2.45) is 0 Å². The van der Waals surface area contributed by atoms with Crippen molar-refractivity contribution in [2.75, 3.05) is 26.2 Å². The zero-order valence-electron chi connectivity index (χ0n) is 14.2. The quantitative estimate of drug-likeness (QED) is 0.731. The maximum atomic E-state index is 13.2. The molecule has 0 radical (unpaired) electrons. The predicted molar refractivity (Wildman–Crippen MR) is 105 cm³/mol. The van der Waals surface area contributed by atoms with Crippen molar-refractivity contribution in [1.82, 2.24) is 25.0 Å². The summed E-state index contributed by atoms with van der Waals surface area (Å²) >= 11 is 1.60. The average Bonchev–Trinajstić information content (AvgIpc) is 3.23. The van der Waals surface area contributed by atoms with E-state index < -0.39 is 0 Å². The lowest BCUT2D eigenvalue weighted by molar-refractivity contribution is 0.0681. The maximum absolute atomic E-state index is 13.2. The van der Waals surface area contributed by atoms with Crippen LogP contribution in [-0.4, -0.2) is 63.1 Å². The van der Waals surface area contributed by atoms with E-state index in [0.29, 0.717) is 11.7 Å². The van der Waals surface area contributed by atoms with Crippen molar-refractivity contribution in [3.05, 3.63) is 35.5 Å². The highest BCUT2D eigenvalue weighted by atomic mass is 35.5. The molecule has 8 heteroatoms. The molecule has 0 unspecified atom stereocenters. The summed E-state index contributed by atoms with van der Waals surface area (Å²) in [5.41, 5.74) is 2.46. The summed E-state index contributed by atoms with van der Waals surface area (Å²) in [6.45, 7) is 3.97. The summed E-state index contributed by atoms with van der Waals surface area (Å²) in [6.07, 6.45) is 3.94. The minimum absolute atomic E-state index is 0. The third-order valence-electron chi connectivity index (χ3n) is 5.36. The first-order valence-corrected chi connectivity index (χ1v) is 9.59. The summed E-state index contributed by atoms with van der Waals surface area (Å²) in [5.74, 6) is 0.0521. The van der Waals surface area contributed by atoms with E-state index in [9.17, 15) is 4.79 Å². The molecule has 0 spiro atoms. The van der Waals surface area contributed by atoms with E-state index in [4.69, 9.17) is 0 Å². The van der Waals surface area contributed by atoms with Gasteiger partial charge < -0.3 is 9.80 Å². The lowest BCUT2D eigenvalue weighted by Gasteiger charge is -2.31. The molecule has 136 valence electrons. The molecule has 3 saturated heterocycles. The number of halogens is 1. The number of carbonyl (C=O) groups excluding carboxylic acids is 1. The molecule has 26 heavy (non-hydrogen) atoms. The molecule has 1 amide bonds. The van der Waals surface area contributed by atoms with Crippen molar-refractivity contribution < 1.29 is 4.79 Å². The van der Waals surface area contributed by atoms with Gasteiger partial charge in [0.25, 0.3) is 5.91 Å². The third kappa shape index (κ3) is 2.90. The molecular weight excluding hydrogens is 370 g/mol. The number of piperidine rings is 1.